The van der Waals surface area contributed by atoms with Gasteiger partial charge in [-0.3, -0.25) is 13.9 Å². The Bertz CT molecular complexity index is 1360. The van der Waals surface area contributed by atoms with Crippen LogP contribution in [0.4, 0.5) is 5.69 Å². The van der Waals surface area contributed by atoms with Crippen LogP contribution in [0.15, 0.2) is 88.2 Å². The number of nitrogens with one attached hydrogen (secondary N) is 1. The molecule has 208 valence electrons. The summed E-state index contributed by atoms with van der Waals surface area (Å²) in [6.45, 7) is 7.27. The lowest BCUT2D eigenvalue weighted by Gasteiger charge is -2.33. The number of aryl methyl sites for hydroxylation is 1. The maximum atomic E-state index is 14.0. The van der Waals surface area contributed by atoms with Gasteiger partial charge in [-0.05, 0) is 69.5 Å². The number of carbonyl (C=O) groups is 2. The minimum Gasteiger partial charge on any atom is -0.352 e. The standard InChI is InChI=1S/C30H36BrN3O4S/c1-5-28(30(36)32-22(2)3)33(19-18-24-10-7-6-8-11-24)29(35)21-34(26-13-9-12-25(31)20-26)39(37,38)27-16-14-23(4)15-17-27/h6-17,20,22,28H,5,18-19,21H2,1-4H3,(H,32,36). The molecule has 0 aliphatic carbocycles. The predicted molar refractivity (Wildman–Crippen MR) is 159 cm³/mol. The molecule has 7 nitrogen and oxygen atoms in total. The molecule has 1 N–H and O–H groups in total. The van der Waals surface area contributed by atoms with Crippen LogP contribution >= 0.6 is 15.9 Å². The van der Waals surface area contributed by atoms with Gasteiger partial charge in [0.25, 0.3) is 10.0 Å². The number of anilines is 1. The molecule has 0 aromatic heterocycles. The van der Waals surface area contributed by atoms with Gasteiger partial charge >= 0.3 is 0 Å². The van der Waals surface area contributed by atoms with E-state index in [1.54, 1.807) is 36.4 Å². The zero-order valence-electron chi connectivity index (χ0n) is 22.8. The van der Waals surface area contributed by atoms with Crippen molar-refractivity contribution in [1.29, 1.82) is 0 Å². The van der Waals surface area contributed by atoms with Gasteiger partial charge in [-0.1, -0.05) is 76.9 Å². The van der Waals surface area contributed by atoms with Crippen molar-refractivity contribution in [3.63, 3.8) is 0 Å². The van der Waals surface area contributed by atoms with Crippen LogP contribution < -0.4 is 9.62 Å². The van der Waals surface area contributed by atoms with Gasteiger partial charge in [0, 0.05) is 17.1 Å². The number of amides is 2. The van der Waals surface area contributed by atoms with Crippen molar-refractivity contribution in [1.82, 2.24) is 10.2 Å². The van der Waals surface area contributed by atoms with Crippen LogP contribution in [0.3, 0.4) is 0 Å². The van der Waals surface area contributed by atoms with Gasteiger partial charge < -0.3 is 10.2 Å². The third-order valence-electron chi connectivity index (χ3n) is 6.29. The minimum absolute atomic E-state index is 0.0845. The first-order chi connectivity index (χ1) is 18.5. The number of hydrogen-bond acceptors (Lipinski definition) is 4. The van der Waals surface area contributed by atoms with Gasteiger partial charge in [0.2, 0.25) is 11.8 Å². The summed E-state index contributed by atoms with van der Waals surface area (Å²) in [4.78, 5) is 28.7. The summed E-state index contributed by atoms with van der Waals surface area (Å²) in [5.74, 6) is -0.711. The van der Waals surface area contributed by atoms with E-state index in [0.717, 1.165) is 15.4 Å². The van der Waals surface area contributed by atoms with Gasteiger partial charge in [-0.25, -0.2) is 8.42 Å². The Balaban J connectivity index is 2.01. The van der Waals surface area contributed by atoms with Crippen LogP contribution in [0.5, 0.6) is 0 Å². The van der Waals surface area contributed by atoms with E-state index in [1.165, 1.54) is 17.0 Å². The van der Waals surface area contributed by atoms with Crippen molar-refractivity contribution in [3.8, 4) is 0 Å². The second-order valence-corrected chi connectivity index (χ2v) is 12.5. The van der Waals surface area contributed by atoms with Crippen molar-refractivity contribution in [2.75, 3.05) is 17.4 Å². The molecule has 2 amide bonds. The number of hydrogen-bond donors (Lipinski definition) is 1. The molecule has 0 saturated heterocycles. The number of nitrogens with zero attached hydrogens (tertiary/aromatic N) is 2. The van der Waals surface area contributed by atoms with Gasteiger partial charge in [-0.15, -0.1) is 0 Å². The highest BCUT2D eigenvalue weighted by Crippen LogP contribution is 2.27. The fourth-order valence-corrected chi connectivity index (χ4v) is 6.07. The van der Waals surface area contributed by atoms with Gasteiger partial charge in [0.1, 0.15) is 12.6 Å². The molecular weight excluding hydrogens is 578 g/mol. The zero-order valence-corrected chi connectivity index (χ0v) is 25.2. The predicted octanol–water partition coefficient (Wildman–Crippen LogP) is 5.33. The van der Waals surface area contributed by atoms with Crippen LogP contribution in [0.2, 0.25) is 0 Å². The quantitative estimate of drug-likeness (QED) is 0.299. The van der Waals surface area contributed by atoms with Gasteiger partial charge in [0.05, 0.1) is 10.6 Å². The molecule has 39 heavy (non-hydrogen) atoms. The Kier molecular flexibility index (Phi) is 10.7. The lowest BCUT2D eigenvalue weighted by atomic mass is 10.1. The Morgan fingerprint density at radius 2 is 1.62 bits per heavy atom. The van der Waals surface area contributed by atoms with Crippen LogP contribution in [0.25, 0.3) is 0 Å². The molecule has 0 radical (unpaired) electrons. The summed E-state index contributed by atoms with van der Waals surface area (Å²) in [6, 6.07) is 22.2. The number of benzene rings is 3. The fourth-order valence-electron chi connectivity index (χ4n) is 4.27. The lowest BCUT2D eigenvalue weighted by molar-refractivity contribution is -0.139. The number of rotatable bonds is 12. The van der Waals surface area contributed by atoms with E-state index < -0.39 is 28.5 Å². The van der Waals surface area contributed by atoms with E-state index in [0.29, 0.717) is 23.0 Å². The van der Waals surface area contributed by atoms with Crippen molar-refractivity contribution < 1.29 is 18.0 Å². The lowest BCUT2D eigenvalue weighted by Crippen LogP contribution is -2.54. The molecule has 0 heterocycles. The number of sulfonamides is 1. The zero-order chi connectivity index (χ0) is 28.6. The third kappa shape index (κ3) is 8.16. The summed E-state index contributed by atoms with van der Waals surface area (Å²) in [7, 11) is -4.09. The molecule has 0 aliphatic rings. The van der Waals surface area contributed by atoms with Crippen molar-refractivity contribution in [3.05, 3.63) is 94.5 Å². The van der Waals surface area contributed by atoms with Crippen molar-refractivity contribution in [2.45, 2.75) is 57.5 Å². The highest BCUT2D eigenvalue weighted by Gasteiger charge is 2.33. The highest BCUT2D eigenvalue weighted by molar-refractivity contribution is 9.10. The normalized spacial score (nSPS) is 12.2. The largest absolute Gasteiger partial charge is 0.352 e. The molecule has 0 fully saturated rings. The maximum Gasteiger partial charge on any atom is 0.264 e. The molecule has 0 saturated carbocycles. The third-order valence-corrected chi connectivity index (χ3v) is 8.57. The molecule has 1 atom stereocenters. The Labute approximate surface area is 240 Å². The average molecular weight is 615 g/mol. The molecular formula is C30H36BrN3O4S. The van der Waals surface area contributed by atoms with E-state index in [2.05, 4.69) is 21.2 Å². The first-order valence-electron chi connectivity index (χ1n) is 13.0. The topological polar surface area (TPSA) is 86.8 Å². The van der Waals surface area contributed by atoms with Crippen molar-refractivity contribution in [2.24, 2.45) is 0 Å². The summed E-state index contributed by atoms with van der Waals surface area (Å²) >= 11 is 3.42. The fraction of sp³-hybridized carbons (Fsp3) is 0.333. The monoisotopic (exact) mass is 613 g/mol. The first-order valence-corrected chi connectivity index (χ1v) is 15.2. The smallest absolute Gasteiger partial charge is 0.264 e. The molecule has 3 aromatic rings. The number of carbonyl (C=O) groups excluding carboxylic acids is 2. The van der Waals surface area contributed by atoms with Crippen LogP contribution in [-0.4, -0.2) is 50.3 Å². The van der Waals surface area contributed by atoms with E-state index in [4.69, 9.17) is 0 Å². The summed E-state index contributed by atoms with van der Waals surface area (Å²) in [6.07, 6.45) is 0.917. The summed E-state index contributed by atoms with van der Waals surface area (Å²) in [5.41, 5.74) is 2.29. The van der Waals surface area contributed by atoms with E-state index >= 15 is 0 Å². The van der Waals surface area contributed by atoms with Crippen LogP contribution in [0.1, 0.15) is 38.3 Å². The average Bonchev–Trinajstić information content (AvgIpc) is 2.89. The second-order valence-electron chi connectivity index (χ2n) is 9.71. The van der Waals surface area contributed by atoms with Gasteiger partial charge in [-0.2, -0.15) is 0 Å². The molecule has 9 heteroatoms. The Morgan fingerprint density at radius 3 is 2.21 bits per heavy atom. The van der Waals surface area contributed by atoms with Gasteiger partial charge in [0.15, 0.2) is 0 Å². The SMILES string of the molecule is CCC(C(=O)NC(C)C)N(CCc1ccccc1)C(=O)CN(c1cccc(Br)c1)S(=O)(=O)c1ccc(C)cc1. The Hall–Kier alpha value is -3.17. The van der Waals surface area contributed by atoms with Crippen LogP contribution in [-0.2, 0) is 26.0 Å². The molecule has 1 unspecified atom stereocenters. The second kappa shape index (κ2) is 13.8. The summed E-state index contributed by atoms with van der Waals surface area (Å²) in [5, 5.41) is 2.91. The van der Waals surface area contributed by atoms with E-state index in [1.807, 2.05) is 58.0 Å². The van der Waals surface area contributed by atoms with Crippen molar-refractivity contribution >= 4 is 43.5 Å². The molecule has 0 aliphatic heterocycles. The molecule has 0 bridgehead atoms. The maximum absolute atomic E-state index is 14.0. The van der Waals surface area contributed by atoms with E-state index in [9.17, 15) is 18.0 Å². The first kappa shape index (κ1) is 30.4. The Morgan fingerprint density at radius 1 is 0.949 bits per heavy atom. The minimum atomic E-state index is -4.09. The summed E-state index contributed by atoms with van der Waals surface area (Å²) < 4.78 is 29.5. The molecule has 3 aromatic carbocycles. The van der Waals surface area contributed by atoms with E-state index in [-0.39, 0.29) is 23.4 Å². The molecule has 3 rings (SSSR count). The van der Waals surface area contributed by atoms with Crippen LogP contribution in [0, 0.1) is 6.92 Å². The molecule has 0 spiro atoms. The highest BCUT2D eigenvalue weighted by atomic mass is 79.9. The number of halogens is 1.